The highest BCUT2D eigenvalue weighted by Gasteiger charge is 2.17. The van der Waals surface area contributed by atoms with Crippen LogP contribution in [-0.4, -0.2) is 8.42 Å². The summed E-state index contributed by atoms with van der Waals surface area (Å²) in [6.07, 6.45) is 0. The van der Waals surface area contributed by atoms with Gasteiger partial charge in [0.25, 0.3) is 10.0 Å². The number of hydrogen-bond donors (Lipinski definition) is 2. The molecule has 2 N–H and O–H groups in total. The van der Waals surface area contributed by atoms with E-state index >= 15 is 0 Å². The van der Waals surface area contributed by atoms with Crippen LogP contribution in [0.5, 0.6) is 0 Å². The molecule has 3 rings (SSSR count). The first kappa shape index (κ1) is 17.9. The Morgan fingerprint density at radius 3 is 2.08 bits per heavy atom. The van der Waals surface area contributed by atoms with Crippen molar-refractivity contribution in [2.75, 3.05) is 10.0 Å². The summed E-state index contributed by atoms with van der Waals surface area (Å²) in [7, 11) is -3.82. The van der Waals surface area contributed by atoms with Crippen LogP contribution in [0, 0.1) is 18.6 Å². The van der Waals surface area contributed by atoms with Crippen molar-refractivity contribution in [3.8, 4) is 0 Å². The summed E-state index contributed by atoms with van der Waals surface area (Å²) in [5.41, 5.74) is 1.94. The highest BCUT2D eigenvalue weighted by Crippen LogP contribution is 2.23. The van der Waals surface area contributed by atoms with Gasteiger partial charge in [0.15, 0.2) is 0 Å². The first-order valence-electron chi connectivity index (χ1n) is 7.75. The quantitative estimate of drug-likeness (QED) is 0.673. The summed E-state index contributed by atoms with van der Waals surface area (Å²) in [5.74, 6) is -0.844. The molecule has 0 aliphatic heterocycles. The largest absolute Gasteiger partial charge is 0.355 e. The predicted molar refractivity (Wildman–Crippen MR) is 98.1 cm³/mol. The molecule has 0 spiro atoms. The number of nitrogens with one attached hydrogen (secondary N) is 2. The molecule has 0 aliphatic carbocycles. The number of sulfonamides is 1. The normalized spacial score (nSPS) is 11.2. The van der Waals surface area contributed by atoms with Gasteiger partial charge in [0.2, 0.25) is 0 Å². The summed E-state index contributed by atoms with van der Waals surface area (Å²) < 4.78 is 53.7. The van der Waals surface area contributed by atoms with Crippen molar-refractivity contribution in [1.29, 1.82) is 0 Å². The molecule has 0 bridgehead atoms. The monoisotopic (exact) mass is 374 g/mol. The smallest absolute Gasteiger partial charge is 0.262 e. The summed E-state index contributed by atoms with van der Waals surface area (Å²) >= 11 is 0. The van der Waals surface area contributed by atoms with E-state index in [-0.39, 0.29) is 10.7 Å². The third-order valence-electron chi connectivity index (χ3n) is 3.68. The van der Waals surface area contributed by atoms with Crippen LogP contribution in [-0.2, 0) is 10.0 Å². The number of benzene rings is 3. The number of halogens is 2. The Balaban J connectivity index is 1.76. The van der Waals surface area contributed by atoms with E-state index in [0.717, 1.165) is 6.07 Å². The van der Waals surface area contributed by atoms with Crippen molar-refractivity contribution < 1.29 is 17.2 Å². The fraction of sp³-hybridized carbons (Fsp3) is 0.0526. The van der Waals surface area contributed by atoms with E-state index in [9.17, 15) is 17.2 Å². The minimum Gasteiger partial charge on any atom is -0.355 e. The van der Waals surface area contributed by atoms with Crippen molar-refractivity contribution in [2.45, 2.75) is 11.8 Å². The molecule has 0 heterocycles. The van der Waals surface area contributed by atoms with E-state index in [4.69, 9.17) is 0 Å². The molecule has 7 heteroatoms. The van der Waals surface area contributed by atoms with Gasteiger partial charge in [-0.25, -0.2) is 17.2 Å². The van der Waals surface area contributed by atoms with Gasteiger partial charge in [-0.05, 0) is 73.2 Å². The molecular weight excluding hydrogens is 358 g/mol. The minimum absolute atomic E-state index is 0.0147. The highest BCUT2D eigenvalue weighted by molar-refractivity contribution is 7.92. The maximum Gasteiger partial charge on any atom is 0.262 e. The van der Waals surface area contributed by atoms with Gasteiger partial charge in [0, 0.05) is 17.1 Å². The molecule has 0 amide bonds. The molecule has 134 valence electrons. The zero-order valence-corrected chi connectivity index (χ0v) is 14.6. The fourth-order valence-electron chi connectivity index (χ4n) is 2.48. The van der Waals surface area contributed by atoms with Gasteiger partial charge in [-0.15, -0.1) is 0 Å². The van der Waals surface area contributed by atoms with Crippen LogP contribution < -0.4 is 10.0 Å². The van der Waals surface area contributed by atoms with E-state index in [1.165, 1.54) is 31.2 Å². The summed E-state index contributed by atoms with van der Waals surface area (Å²) in [4.78, 5) is 0.0147. The molecule has 26 heavy (non-hydrogen) atoms. The molecular formula is C19H16F2N2O2S. The van der Waals surface area contributed by atoms with Crippen LogP contribution in [0.15, 0.2) is 71.6 Å². The SMILES string of the molecule is Cc1cc(F)ccc1S(=O)(=O)Nc1ccc(Nc2cccc(F)c2)cc1. The average molecular weight is 374 g/mol. The molecule has 0 fully saturated rings. The summed E-state index contributed by atoms with van der Waals surface area (Å²) in [5, 5.41) is 3.02. The van der Waals surface area contributed by atoms with Crippen LogP contribution in [0.4, 0.5) is 25.8 Å². The second-order valence-electron chi connectivity index (χ2n) is 5.73. The first-order valence-corrected chi connectivity index (χ1v) is 9.23. The molecule has 0 atom stereocenters. The molecule has 0 aliphatic rings. The van der Waals surface area contributed by atoms with Gasteiger partial charge in [-0.1, -0.05) is 6.07 Å². The molecule has 0 saturated heterocycles. The third-order valence-corrected chi connectivity index (χ3v) is 5.22. The lowest BCUT2D eigenvalue weighted by Crippen LogP contribution is -2.14. The molecule has 0 aromatic heterocycles. The second kappa shape index (κ2) is 7.13. The first-order chi connectivity index (χ1) is 12.3. The lowest BCUT2D eigenvalue weighted by molar-refractivity contribution is 0.598. The van der Waals surface area contributed by atoms with Gasteiger partial charge in [-0.3, -0.25) is 4.72 Å². The van der Waals surface area contributed by atoms with Gasteiger partial charge in [0.05, 0.1) is 4.90 Å². The lowest BCUT2D eigenvalue weighted by atomic mass is 10.2. The van der Waals surface area contributed by atoms with E-state index < -0.39 is 15.8 Å². The number of rotatable bonds is 5. The van der Waals surface area contributed by atoms with Crippen LogP contribution >= 0.6 is 0 Å². The van der Waals surface area contributed by atoms with E-state index in [1.54, 1.807) is 36.4 Å². The molecule has 3 aromatic carbocycles. The highest BCUT2D eigenvalue weighted by atomic mass is 32.2. The van der Waals surface area contributed by atoms with Crippen molar-refractivity contribution in [3.05, 3.63) is 83.9 Å². The van der Waals surface area contributed by atoms with Gasteiger partial charge < -0.3 is 5.32 Å². The Bertz CT molecular complexity index is 1040. The molecule has 4 nitrogen and oxygen atoms in total. The van der Waals surface area contributed by atoms with Crippen molar-refractivity contribution >= 4 is 27.1 Å². The van der Waals surface area contributed by atoms with E-state index in [0.29, 0.717) is 22.6 Å². The van der Waals surface area contributed by atoms with E-state index in [2.05, 4.69) is 10.0 Å². The third kappa shape index (κ3) is 4.18. The fourth-order valence-corrected chi connectivity index (χ4v) is 3.77. The lowest BCUT2D eigenvalue weighted by Gasteiger charge is -2.12. The van der Waals surface area contributed by atoms with Crippen LogP contribution in [0.3, 0.4) is 0 Å². The zero-order chi connectivity index (χ0) is 18.7. The predicted octanol–water partition coefficient (Wildman–Crippen LogP) is 4.82. The number of anilines is 3. The van der Waals surface area contributed by atoms with Crippen LogP contribution in [0.25, 0.3) is 0 Å². The Morgan fingerprint density at radius 2 is 1.42 bits per heavy atom. The number of hydrogen-bond acceptors (Lipinski definition) is 3. The molecule has 0 saturated carbocycles. The van der Waals surface area contributed by atoms with Gasteiger partial charge in [-0.2, -0.15) is 0 Å². The maximum absolute atomic E-state index is 13.2. The Labute approximate surface area is 150 Å². The van der Waals surface area contributed by atoms with Crippen molar-refractivity contribution in [3.63, 3.8) is 0 Å². The average Bonchev–Trinajstić information content (AvgIpc) is 2.56. The van der Waals surface area contributed by atoms with Crippen LogP contribution in [0.2, 0.25) is 0 Å². The molecule has 3 aromatic rings. The van der Waals surface area contributed by atoms with Gasteiger partial charge in [0.1, 0.15) is 11.6 Å². The minimum atomic E-state index is -3.82. The molecule has 0 radical (unpaired) electrons. The summed E-state index contributed by atoms with van der Waals surface area (Å²) in [6.45, 7) is 1.53. The zero-order valence-electron chi connectivity index (χ0n) is 13.8. The van der Waals surface area contributed by atoms with Crippen LogP contribution in [0.1, 0.15) is 5.56 Å². The number of aryl methyl sites for hydroxylation is 1. The second-order valence-corrected chi connectivity index (χ2v) is 7.38. The Hall–Kier alpha value is -2.93. The van der Waals surface area contributed by atoms with Crippen molar-refractivity contribution in [1.82, 2.24) is 0 Å². The Kier molecular flexibility index (Phi) is 4.90. The van der Waals surface area contributed by atoms with Crippen molar-refractivity contribution in [2.24, 2.45) is 0 Å². The van der Waals surface area contributed by atoms with Gasteiger partial charge >= 0.3 is 0 Å². The molecule has 0 unspecified atom stereocenters. The standard InChI is InChI=1S/C19H16F2N2O2S/c1-13-11-15(21)5-10-19(13)26(24,25)23-17-8-6-16(7-9-17)22-18-4-2-3-14(20)12-18/h2-12,22-23H,1H3. The maximum atomic E-state index is 13.2. The van der Waals surface area contributed by atoms with E-state index in [1.807, 2.05) is 0 Å². The summed E-state index contributed by atoms with van der Waals surface area (Å²) in [6, 6.07) is 16.0. The topological polar surface area (TPSA) is 58.2 Å². The Morgan fingerprint density at radius 1 is 0.769 bits per heavy atom.